The first-order chi connectivity index (χ1) is 18.6. The fourth-order valence-electron chi connectivity index (χ4n) is 4.02. The second-order valence-electron chi connectivity index (χ2n) is 10.2. The van der Waals surface area contributed by atoms with Gasteiger partial charge in [0.05, 0.1) is 43.6 Å². The third-order valence-electron chi connectivity index (χ3n) is 5.73. The lowest BCUT2D eigenvalue weighted by atomic mass is 9.85. The molecule has 0 spiro atoms. The summed E-state index contributed by atoms with van der Waals surface area (Å²) in [6, 6.07) is 7.29. The van der Waals surface area contributed by atoms with Crippen molar-refractivity contribution in [2.45, 2.75) is 46.5 Å². The van der Waals surface area contributed by atoms with Crippen molar-refractivity contribution in [1.82, 2.24) is 24.7 Å². The molecule has 205 valence electrons. The molecule has 0 aliphatic carbocycles. The number of rotatable bonds is 10. The molecule has 1 radical (unpaired) electrons. The minimum Gasteiger partial charge on any atom is -0.493 e. The molecule has 12 heteroatoms. The van der Waals surface area contributed by atoms with Gasteiger partial charge in [-0.05, 0) is 42.3 Å². The number of methoxy groups -OCH3 is 2. The zero-order chi connectivity index (χ0) is 28.2. The van der Waals surface area contributed by atoms with Crippen LogP contribution in [0.15, 0.2) is 49.2 Å². The van der Waals surface area contributed by atoms with Crippen molar-refractivity contribution in [1.29, 1.82) is 0 Å². The predicted molar refractivity (Wildman–Crippen MR) is 149 cm³/mol. The maximum absolute atomic E-state index is 12.8. The SMILES string of the molecule is COc1cc2ncnc(Oc3cnn(CC(=O)Nc4cc(C(O[Si](C)C)C(C)(C)C)ccn4)c3)c2cc1OC. The second kappa shape index (κ2) is 11.8. The van der Waals surface area contributed by atoms with E-state index in [1.165, 1.54) is 17.2 Å². The van der Waals surface area contributed by atoms with E-state index in [9.17, 15) is 4.79 Å². The Morgan fingerprint density at radius 1 is 1.08 bits per heavy atom. The van der Waals surface area contributed by atoms with Crippen LogP contribution in [0.2, 0.25) is 13.1 Å². The quantitative estimate of drug-likeness (QED) is 0.272. The molecule has 1 unspecified atom stereocenters. The van der Waals surface area contributed by atoms with Gasteiger partial charge in [0.25, 0.3) is 0 Å². The number of benzene rings is 1. The van der Waals surface area contributed by atoms with E-state index in [1.54, 1.807) is 38.7 Å². The highest BCUT2D eigenvalue weighted by molar-refractivity contribution is 6.48. The number of nitrogens with one attached hydrogen (secondary N) is 1. The molecule has 39 heavy (non-hydrogen) atoms. The number of pyridine rings is 1. The topological polar surface area (TPSA) is 123 Å². The van der Waals surface area contributed by atoms with E-state index in [0.717, 1.165) is 5.56 Å². The normalized spacial score (nSPS) is 12.4. The van der Waals surface area contributed by atoms with Crippen LogP contribution in [0.1, 0.15) is 32.4 Å². The highest BCUT2D eigenvalue weighted by Gasteiger charge is 2.28. The molecule has 4 rings (SSSR count). The van der Waals surface area contributed by atoms with Crippen LogP contribution in [-0.2, 0) is 15.8 Å². The average Bonchev–Trinajstić information content (AvgIpc) is 3.32. The average molecular weight is 550 g/mol. The molecule has 0 saturated heterocycles. The summed E-state index contributed by atoms with van der Waals surface area (Å²) < 4.78 is 24.5. The van der Waals surface area contributed by atoms with Gasteiger partial charge in [-0.15, -0.1) is 0 Å². The number of ether oxygens (including phenoxy) is 3. The summed E-state index contributed by atoms with van der Waals surface area (Å²) in [6.07, 6.45) is 6.11. The molecule has 1 amide bonds. The van der Waals surface area contributed by atoms with Gasteiger partial charge in [-0.2, -0.15) is 5.10 Å². The molecule has 0 aliphatic heterocycles. The first-order valence-electron chi connectivity index (χ1n) is 12.4. The maximum Gasteiger partial charge on any atom is 0.247 e. The lowest BCUT2D eigenvalue weighted by molar-refractivity contribution is -0.116. The van der Waals surface area contributed by atoms with E-state index in [-0.39, 0.29) is 24.0 Å². The van der Waals surface area contributed by atoms with Gasteiger partial charge in [0.1, 0.15) is 18.7 Å². The number of carbonyl (C=O) groups is 1. The third-order valence-corrected chi connectivity index (χ3v) is 6.44. The van der Waals surface area contributed by atoms with Crippen LogP contribution in [-0.4, -0.2) is 53.9 Å². The highest BCUT2D eigenvalue weighted by atomic mass is 28.3. The molecule has 1 N–H and O–H groups in total. The molecular formula is C27H33N6O5Si. The standard InChI is InChI=1S/C27H33N6O5Si/c1-27(2,3)25(38-39(6)7)17-8-9-28-23(10-17)32-24(34)15-33-14-18(13-31-33)37-26-19-11-21(35-4)22(36-5)12-20(19)29-16-30-26/h8-14,16,25H,15H2,1-7H3,(H,28,32,34). The molecule has 3 heterocycles. The van der Waals surface area contributed by atoms with Gasteiger partial charge in [0.2, 0.25) is 20.8 Å². The van der Waals surface area contributed by atoms with Gasteiger partial charge in [-0.25, -0.2) is 15.0 Å². The van der Waals surface area contributed by atoms with Crippen molar-refractivity contribution in [2.75, 3.05) is 19.5 Å². The smallest absolute Gasteiger partial charge is 0.247 e. The molecule has 4 aromatic rings. The fourth-order valence-corrected chi connectivity index (χ4v) is 4.99. The minimum absolute atomic E-state index is 0.0267. The monoisotopic (exact) mass is 549 g/mol. The van der Waals surface area contributed by atoms with E-state index in [2.05, 4.69) is 59.2 Å². The van der Waals surface area contributed by atoms with Gasteiger partial charge in [0, 0.05) is 12.3 Å². The molecule has 3 aromatic heterocycles. The summed E-state index contributed by atoms with van der Waals surface area (Å²) >= 11 is 0. The number of nitrogens with zero attached hydrogens (tertiary/aromatic N) is 5. The van der Waals surface area contributed by atoms with Gasteiger partial charge < -0.3 is 24.0 Å². The Bertz CT molecular complexity index is 1450. The van der Waals surface area contributed by atoms with Crippen molar-refractivity contribution in [3.05, 3.63) is 54.7 Å². The van der Waals surface area contributed by atoms with Crippen LogP contribution in [0.3, 0.4) is 0 Å². The van der Waals surface area contributed by atoms with Crippen molar-refractivity contribution in [3.8, 4) is 23.1 Å². The molecule has 1 atom stereocenters. The lowest BCUT2D eigenvalue weighted by Gasteiger charge is -2.32. The number of carbonyl (C=O) groups excluding carboxylic acids is 1. The molecular weight excluding hydrogens is 516 g/mol. The van der Waals surface area contributed by atoms with Crippen LogP contribution in [0.25, 0.3) is 10.9 Å². The largest absolute Gasteiger partial charge is 0.493 e. The van der Waals surface area contributed by atoms with E-state index in [1.807, 2.05) is 12.1 Å². The zero-order valence-corrected chi connectivity index (χ0v) is 24.2. The molecule has 0 fully saturated rings. The Hall–Kier alpha value is -4.03. The van der Waals surface area contributed by atoms with Gasteiger partial charge in [-0.3, -0.25) is 9.48 Å². The number of aromatic nitrogens is 5. The zero-order valence-electron chi connectivity index (χ0n) is 23.2. The van der Waals surface area contributed by atoms with Gasteiger partial charge in [-0.1, -0.05) is 20.8 Å². The summed E-state index contributed by atoms with van der Waals surface area (Å²) in [5.41, 5.74) is 1.50. The van der Waals surface area contributed by atoms with Crippen LogP contribution < -0.4 is 19.5 Å². The lowest BCUT2D eigenvalue weighted by Crippen LogP contribution is -2.26. The van der Waals surface area contributed by atoms with Gasteiger partial charge >= 0.3 is 0 Å². The summed E-state index contributed by atoms with van der Waals surface area (Å²) in [4.78, 5) is 25.6. The number of anilines is 1. The van der Waals surface area contributed by atoms with E-state index >= 15 is 0 Å². The number of hydrogen-bond donors (Lipinski definition) is 1. The van der Waals surface area contributed by atoms with Crippen molar-refractivity contribution < 1.29 is 23.4 Å². The highest BCUT2D eigenvalue weighted by Crippen LogP contribution is 2.37. The minimum atomic E-state index is -0.928. The Morgan fingerprint density at radius 2 is 1.82 bits per heavy atom. The molecule has 0 saturated carbocycles. The first-order valence-corrected chi connectivity index (χ1v) is 14.8. The Labute approximate surface area is 229 Å². The Morgan fingerprint density at radius 3 is 2.51 bits per heavy atom. The van der Waals surface area contributed by atoms with E-state index < -0.39 is 9.04 Å². The van der Waals surface area contributed by atoms with Crippen LogP contribution in [0.4, 0.5) is 5.82 Å². The fraction of sp³-hybridized carbons (Fsp3) is 0.370. The first kappa shape index (κ1) is 28.0. The van der Waals surface area contributed by atoms with E-state index in [4.69, 9.17) is 18.6 Å². The number of fused-ring (bicyclic) bond motifs is 1. The second-order valence-corrected chi connectivity index (χ2v) is 12.2. The summed E-state index contributed by atoms with van der Waals surface area (Å²) in [5, 5.41) is 7.75. The third kappa shape index (κ3) is 6.89. The van der Waals surface area contributed by atoms with Gasteiger partial charge in [0.15, 0.2) is 17.2 Å². The molecule has 0 aliphatic rings. The number of hydrogen-bond acceptors (Lipinski definition) is 9. The molecule has 0 bridgehead atoms. The number of amides is 1. The Balaban J connectivity index is 1.45. The Kier molecular flexibility index (Phi) is 8.46. The maximum atomic E-state index is 12.8. The summed E-state index contributed by atoms with van der Waals surface area (Å²) in [5.74, 6) is 2.00. The van der Waals surface area contributed by atoms with Crippen molar-refractivity contribution in [3.63, 3.8) is 0 Å². The molecule has 11 nitrogen and oxygen atoms in total. The van der Waals surface area contributed by atoms with Crippen molar-refractivity contribution in [2.24, 2.45) is 5.41 Å². The van der Waals surface area contributed by atoms with Crippen molar-refractivity contribution >= 4 is 31.7 Å². The van der Waals surface area contributed by atoms with Crippen LogP contribution in [0.5, 0.6) is 23.1 Å². The summed E-state index contributed by atoms with van der Waals surface area (Å²) in [6.45, 7) is 10.6. The predicted octanol–water partition coefficient (Wildman–Crippen LogP) is 5.02. The van der Waals surface area contributed by atoms with E-state index in [0.29, 0.717) is 39.8 Å². The molecule has 1 aromatic carbocycles. The van der Waals surface area contributed by atoms with Crippen LogP contribution in [0, 0.1) is 5.41 Å². The summed E-state index contributed by atoms with van der Waals surface area (Å²) in [7, 11) is 2.19. The van der Waals surface area contributed by atoms with Crippen LogP contribution >= 0.6 is 0 Å².